The Balaban J connectivity index is 1.54. The first-order valence-corrected chi connectivity index (χ1v) is 9.54. The van der Waals surface area contributed by atoms with Crippen molar-refractivity contribution in [2.24, 2.45) is 7.05 Å². The number of carbonyl (C=O) groups excluding carboxylic acids is 2. The number of fused-ring (bicyclic) bond motifs is 1. The lowest BCUT2D eigenvalue weighted by atomic mass is 10.1. The summed E-state index contributed by atoms with van der Waals surface area (Å²) in [6, 6.07) is 17.1. The third kappa shape index (κ3) is 3.27. The molecule has 2 aromatic heterocycles. The maximum Gasteiger partial charge on any atom is 0.282 e. The fraction of sp³-hybridized carbons (Fsp3) is 0.0952. The molecule has 28 heavy (non-hydrogen) atoms. The number of hydrogen-bond acceptors (Lipinski definition) is 4. The summed E-state index contributed by atoms with van der Waals surface area (Å²) >= 11 is 1.29. The van der Waals surface area contributed by atoms with Gasteiger partial charge in [-0.25, -0.2) is 4.98 Å². The minimum atomic E-state index is -0.391. The van der Waals surface area contributed by atoms with Crippen LogP contribution < -0.4 is 10.9 Å². The first-order chi connectivity index (χ1) is 13.5. The van der Waals surface area contributed by atoms with Crippen molar-refractivity contribution in [3.8, 4) is 11.3 Å². The van der Waals surface area contributed by atoms with Crippen LogP contribution in [0.4, 0.5) is 0 Å². The second-order valence-electron chi connectivity index (χ2n) is 6.36. The monoisotopic (exact) mass is 390 g/mol. The third-order valence-corrected chi connectivity index (χ3v) is 5.39. The predicted molar refractivity (Wildman–Crippen MR) is 110 cm³/mol. The highest BCUT2D eigenvalue weighted by molar-refractivity contribution is 7.14. The van der Waals surface area contributed by atoms with Gasteiger partial charge < -0.3 is 4.57 Å². The van der Waals surface area contributed by atoms with E-state index in [0.29, 0.717) is 16.1 Å². The Hall–Kier alpha value is -3.45. The zero-order chi connectivity index (χ0) is 19.7. The van der Waals surface area contributed by atoms with Gasteiger partial charge in [0.05, 0.1) is 16.3 Å². The van der Waals surface area contributed by atoms with Crippen LogP contribution in [0.25, 0.3) is 22.2 Å². The van der Waals surface area contributed by atoms with Gasteiger partial charge in [-0.15, -0.1) is 11.3 Å². The number of benzene rings is 2. The predicted octanol–water partition coefficient (Wildman–Crippen LogP) is 3.69. The standard InChI is InChI=1S/C21H18N4O2S/c1-13-22-18(14-8-4-3-5-9-14)19(28-13)21(27)24-23-20(26)16-12-25(2)17-11-7-6-10-15(16)17/h3-12H,1-2H3,(H,23,26)(H,24,27). The van der Waals surface area contributed by atoms with E-state index in [1.165, 1.54) is 11.3 Å². The number of thiazole rings is 1. The van der Waals surface area contributed by atoms with Crippen molar-refractivity contribution in [3.05, 3.63) is 76.2 Å². The van der Waals surface area contributed by atoms with E-state index in [4.69, 9.17) is 0 Å². The van der Waals surface area contributed by atoms with Crippen LogP contribution in [0.5, 0.6) is 0 Å². The Morgan fingerprint density at radius 3 is 2.43 bits per heavy atom. The van der Waals surface area contributed by atoms with Crippen molar-refractivity contribution >= 4 is 34.1 Å². The summed E-state index contributed by atoms with van der Waals surface area (Å²) in [4.78, 5) is 30.2. The molecule has 0 bridgehead atoms. The van der Waals surface area contributed by atoms with Gasteiger partial charge in [0.2, 0.25) is 0 Å². The lowest BCUT2D eigenvalue weighted by Crippen LogP contribution is -2.41. The van der Waals surface area contributed by atoms with Gasteiger partial charge in [-0.1, -0.05) is 48.5 Å². The number of hydrogen-bond donors (Lipinski definition) is 2. The van der Waals surface area contributed by atoms with E-state index in [-0.39, 0.29) is 5.91 Å². The second kappa shape index (κ2) is 7.28. The Kier molecular flexibility index (Phi) is 4.67. The van der Waals surface area contributed by atoms with Crippen molar-refractivity contribution in [2.75, 3.05) is 0 Å². The molecule has 4 aromatic rings. The molecule has 2 amide bonds. The first-order valence-electron chi connectivity index (χ1n) is 8.72. The first kappa shape index (κ1) is 17.9. The topological polar surface area (TPSA) is 76.0 Å². The lowest BCUT2D eigenvalue weighted by molar-refractivity contribution is 0.0850. The van der Waals surface area contributed by atoms with E-state index in [9.17, 15) is 9.59 Å². The van der Waals surface area contributed by atoms with Crippen LogP contribution in [0.2, 0.25) is 0 Å². The largest absolute Gasteiger partial charge is 0.350 e. The molecule has 0 radical (unpaired) electrons. The van der Waals surface area contributed by atoms with Gasteiger partial charge in [-0.05, 0) is 13.0 Å². The molecule has 0 spiro atoms. The highest BCUT2D eigenvalue weighted by Crippen LogP contribution is 2.27. The summed E-state index contributed by atoms with van der Waals surface area (Å²) in [7, 11) is 1.88. The molecule has 0 saturated heterocycles. The fourth-order valence-corrected chi connectivity index (χ4v) is 3.97. The molecular formula is C21H18N4O2S. The number of amides is 2. The molecule has 0 aliphatic carbocycles. The summed E-state index contributed by atoms with van der Waals surface area (Å²) in [5, 5.41) is 1.61. The fourth-order valence-electron chi connectivity index (χ4n) is 3.13. The maximum atomic E-state index is 12.7. The van der Waals surface area contributed by atoms with E-state index in [0.717, 1.165) is 21.5 Å². The number of nitrogens with one attached hydrogen (secondary N) is 2. The average molecular weight is 390 g/mol. The normalized spacial score (nSPS) is 10.8. The molecule has 0 unspecified atom stereocenters. The molecule has 0 aliphatic heterocycles. The van der Waals surface area contributed by atoms with Gasteiger partial charge in [0.15, 0.2) is 0 Å². The van der Waals surface area contributed by atoms with E-state index >= 15 is 0 Å². The van der Waals surface area contributed by atoms with E-state index in [2.05, 4.69) is 15.8 Å². The van der Waals surface area contributed by atoms with Crippen molar-refractivity contribution < 1.29 is 9.59 Å². The number of aryl methyl sites for hydroxylation is 2. The van der Waals surface area contributed by atoms with Gasteiger partial charge >= 0.3 is 0 Å². The van der Waals surface area contributed by atoms with Gasteiger partial charge in [-0.2, -0.15) is 0 Å². The van der Waals surface area contributed by atoms with Crippen molar-refractivity contribution in [1.29, 1.82) is 0 Å². The zero-order valence-electron chi connectivity index (χ0n) is 15.4. The van der Waals surface area contributed by atoms with Crippen molar-refractivity contribution in [1.82, 2.24) is 20.4 Å². The lowest BCUT2D eigenvalue weighted by Gasteiger charge is -2.07. The molecule has 0 atom stereocenters. The summed E-state index contributed by atoms with van der Waals surface area (Å²) in [5.41, 5.74) is 7.95. The van der Waals surface area contributed by atoms with Gasteiger partial charge in [0.1, 0.15) is 4.88 Å². The van der Waals surface area contributed by atoms with Crippen LogP contribution in [0, 0.1) is 6.92 Å². The Bertz CT molecular complexity index is 1180. The van der Waals surface area contributed by atoms with Gasteiger partial charge in [0, 0.05) is 29.7 Å². The Morgan fingerprint density at radius 2 is 1.64 bits per heavy atom. The molecule has 2 N–H and O–H groups in total. The summed E-state index contributed by atoms with van der Waals surface area (Å²) in [6.45, 7) is 1.85. The van der Waals surface area contributed by atoms with Crippen LogP contribution in [-0.2, 0) is 7.05 Å². The highest BCUT2D eigenvalue weighted by atomic mass is 32.1. The molecule has 6 nitrogen and oxygen atoms in total. The molecule has 0 fully saturated rings. The van der Waals surface area contributed by atoms with Crippen LogP contribution >= 0.6 is 11.3 Å². The average Bonchev–Trinajstić information content (AvgIpc) is 3.27. The maximum absolute atomic E-state index is 12.7. The summed E-state index contributed by atoms with van der Waals surface area (Å²) in [6.07, 6.45) is 1.75. The minimum absolute atomic E-state index is 0.368. The number of nitrogens with zero attached hydrogens (tertiary/aromatic N) is 2. The Labute approximate surface area is 165 Å². The van der Waals surface area contributed by atoms with Crippen molar-refractivity contribution in [3.63, 3.8) is 0 Å². The highest BCUT2D eigenvalue weighted by Gasteiger charge is 2.20. The SMILES string of the molecule is Cc1nc(-c2ccccc2)c(C(=O)NNC(=O)c2cn(C)c3ccccc23)s1. The van der Waals surface area contributed by atoms with Crippen LogP contribution in [-0.4, -0.2) is 21.4 Å². The quantitative estimate of drug-likeness (QED) is 0.524. The van der Waals surface area contributed by atoms with Crippen LogP contribution in [0.1, 0.15) is 25.0 Å². The number of aromatic nitrogens is 2. The third-order valence-electron chi connectivity index (χ3n) is 4.42. The molecule has 7 heteroatoms. The molecule has 2 heterocycles. The number of rotatable bonds is 3. The molecule has 0 saturated carbocycles. The number of hydrazine groups is 1. The van der Waals surface area contributed by atoms with E-state index in [1.54, 1.807) is 6.20 Å². The molecule has 0 aliphatic rings. The zero-order valence-corrected chi connectivity index (χ0v) is 16.2. The second-order valence-corrected chi connectivity index (χ2v) is 7.56. The van der Waals surface area contributed by atoms with Gasteiger partial charge in [0.25, 0.3) is 11.8 Å². The number of para-hydroxylation sites is 1. The summed E-state index contributed by atoms with van der Waals surface area (Å²) in [5.74, 6) is -0.759. The Morgan fingerprint density at radius 1 is 0.964 bits per heavy atom. The minimum Gasteiger partial charge on any atom is -0.350 e. The molecule has 140 valence electrons. The number of carbonyl (C=O) groups is 2. The van der Waals surface area contributed by atoms with E-state index in [1.807, 2.05) is 73.1 Å². The van der Waals surface area contributed by atoms with Crippen LogP contribution in [0.3, 0.4) is 0 Å². The van der Waals surface area contributed by atoms with Gasteiger partial charge in [-0.3, -0.25) is 20.4 Å². The van der Waals surface area contributed by atoms with E-state index < -0.39 is 5.91 Å². The molecular weight excluding hydrogens is 372 g/mol. The van der Waals surface area contributed by atoms with Crippen molar-refractivity contribution in [2.45, 2.75) is 6.92 Å². The summed E-state index contributed by atoms with van der Waals surface area (Å²) < 4.78 is 1.88. The van der Waals surface area contributed by atoms with Crippen LogP contribution in [0.15, 0.2) is 60.8 Å². The molecule has 2 aromatic carbocycles. The molecule has 4 rings (SSSR count). The smallest absolute Gasteiger partial charge is 0.282 e.